The third kappa shape index (κ3) is 3.55. The van der Waals surface area contributed by atoms with Crippen molar-refractivity contribution in [1.82, 2.24) is 9.55 Å². The number of nitrogens with zero attached hydrogens (tertiary/aromatic N) is 3. The van der Waals surface area contributed by atoms with Crippen LogP contribution in [-0.2, 0) is 39.8 Å². The molecule has 0 unspecified atom stereocenters. The van der Waals surface area contributed by atoms with Gasteiger partial charge in [0.15, 0.2) is 0 Å². The topological polar surface area (TPSA) is 21.7 Å². The van der Waals surface area contributed by atoms with Crippen LogP contribution in [0.5, 0.6) is 0 Å². The number of hydrogen-bond acceptors (Lipinski definition) is 1. The van der Waals surface area contributed by atoms with Crippen molar-refractivity contribution in [2.75, 3.05) is 0 Å². The molecule has 0 fully saturated rings. The average Bonchev–Trinajstić information content (AvgIpc) is 3.05. The Hall–Kier alpha value is -2.10. The van der Waals surface area contributed by atoms with Gasteiger partial charge in [-0.2, -0.15) is 29.8 Å². The molecule has 2 aromatic carbocycles. The van der Waals surface area contributed by atoms with Crippen LogP contribution < -0.4 is 4.57 Å². The van der Waals surface area contributed by atoms with Crippen molar-refractivity contribution in [3.05, 3.63) is 90.9 Å². The fourth-order valence-electron chi connectivity index (χ4n) is 2.98. The van der Waals surface area contributed by atoms with E-state index in [9.17, 15) is 0 Å². The summed E-state index contributed by atoms with van der Waals surface area (Å²) in [6, 6.07) is 25.0. The third-order valence-electron chi connectivity index (χ3n) is 4.27. The quantitative estimate of drug-likeness (QED) is 0.369. The fourth-order valence-corrected chi connectivity index (χ4v) is 2.98. The van der Waals surface area contributed by atoms with E-state index in [1.54, 1.807) is 6.20 Å². The second-order valence-corrected chi connectivity index (χ2v) is 6.00. The van der Waals surface area contributed by atoms with Crippen molar-refractivity contribution in [2.45, 2.75) is 6.92 Å². The van der Waals surface area contributed by atoms with E-state index >= 15 is 0 Å². The van der Waals surface area contributed by atoms with Gasteiger partial charge >= 0.3 is 0 Å². The van der Waals surface area contributed by atoms with Gasteiger partial charge in [0.05, 0.1) is 7.05 Å². The second-order valence-electron chi connectivity index (χ2n) is 6.00. The van der Waals surface area contributed by atoms with Gasteiger partial charge < -0.3 is 4.98 Å². The minimum absolute atomic E-state index is 0. The van der Waals surface area contributed by atoms with Crippen LogP contribution in [0.1, 0.15) is 5.56 Å². The number of benzene rings is 2. The first-order chi connectivity index (χ1) is 12.2. The molecule has 0 aliphatic carbocycles. The van der Waals surface area contributed by atoms with Crippen LogP contribution in [0.3, 0.4) is 0 Å². The Labute approximate surface area is 179 Å². The van der Waals surface area contributed by atoms with E-state index in [4.69, 9.17) is 0 Å². The summed E-state index contributed by atoms with van der Waals surface area (Å²) in [5.74, 6) is 1.08. The maximum atomic E-state index is 4.40. The number of aryl methyl sites for hydroxylation is 2. The Morgan fingerprint density at radius 2 is 1.85 bits per heavy atom. The molecule has 26 heavy (non-hydrogen) atoms. The van der Waals surface area contributed by atoms with Gasteiger partial charge in [0.1, 0.15) is 18.1 Å². The number of para-hydroxylation sites is 1. The molecule has 0 bridgehead atoms. The number of aromatic nitrogens is 3. The molecule has 3 nitrogen and oxygen atoms in total. The van der Waals surface area contributed by atoms with Crippen molar-refractivity contribution in [3.8, 4) is 28.3 Å². The van der Waals surface area contributed by atoms with Crippen LogP contribution in [0.15, 0.2) is 73.2 Å². The molecular weight excluding hydrogens is 395 g/mol. The van der Waals surface area contributed by atoms with E-state index < -0.39 is 0 Å². The zero-order valence-electron chi connectivity index (χ0n) is 14.8. The molecule has 1 radical (unpaired) electrons. The minimum Gasteiger partial charge on any atom is -0.334 e. The first-order valence-corrected chi connectivity index (χ1v) is 8.23. The molecule has 0 saturated carbocycles. The predicted molar refractivity (Wildman–Crippen MR) is 98.0 cm³/mol. The summed E-state index contributed by atoms with van der Waals surface area (Å²) in [5.41, 5.74) is 5.12. The van der Waals surface area contributed by atoms with Gasteiger partial charge in [-0.3, -0.25) is 4.57 Å². The summed E-state index contributed by atoms with van der Waals surface area (Å²) in [4.78, 5) is 4.40. The molecule has 4 rings (SSSR count). The summed E-state index contributed by atoms with van der Waals surface area (Å²) < 4.78 is 4.31. The van der Waals surface area contributed by atoms with Crippen molar-refractivity contribution in [2.24, 2.45) is 7.05 Å². The summed E-state index contributed by atoms with van der Waals surface area (Å²) in [6.07, 6.45) is 5.93. The Morgan fingerprint density at radius 3 is 2.58 bits per heavy atom. The van der Waals surface area contributed by atoms with Crippen LogP contribution in [-0.4, -0.2) is 9.55 Å². The number of rotatable bonds is 3. The van der Waals surface area contributed by atoms with E-state index in [1.165, 1.54) is 5.56 Å². The van der Waals surface area contributed by atoms with Gasteiger partial charge in [-0.05, 0) is 23.9 Å². The number of pyridine rings is 1. The Kier molecular flexibility index (Phi) is 5.80. The third-order valence-corrected chi connectivity index (χ3v) is 4.27. The maximum absolute atomic E-state index is 4.40. The molecule has 0 N–H and O–H groups in total. The molecule has 2 heterocycles. The number of hydrogen-bond donors (Lipinski definition) is 0. The molecule has 4 heteroatoms. The molecule has 0 atom stereocenters. The normalized spacial score (nSPS) is 10.4. The molecule has 4 aromatic rings. The van der Waals surface area contributed by atoms with Crippen molar-refractivity contribution in [3.63, 3.8) is 0 Å². The van der Waals surface area contributed by atoms with Crippen LogP contribution in [0.25, 0.3) is 28.3 Å². The van der Waals surface area contributed by atoms with Crippen LogP contribution in [0.4, 0.5) is 0 Å². The first-order valence-electron chi connectivity index (χ1n) is 8.23. The molecule has 0 amide bonds. The SMILES string of the molecule is Cc1ccc(-c2[c-]cccn2)[c-]c1-c1n(-c2ccccc2)cc[n+]1C.[Y]. The van der Waals surface area contributed by atoms with E-state index in [-0.39, 0.29) is 32.7 Å². The predicted octanol–water partition coefficient (Wildman–Crippen LogP) is 3.94. The van der Waals surface area contributed by atoms with Crippen LogP contribution in [0, 0.1) is 19.1 Å². The van der Waals surface area contributed by atoms with Gasteiger partial charge in [-0.15, -0.1) is 23.4 Å². The molecule has 0 spiro atoms. The molecule has 125 valence electrons. The second kappa shape index (κ2) is 8.07. The van der Waals surface area contributed by atoms with Gasteiger partial charge in [0, 0.05) is 32.7 Å². The zero-order valence-corrected chi connectivity index (χ0v) is 17.7. The van der Waals surface area contributed by atoms with Crippen LogP contribution in [0.2, 0.25) is 0 Å². The fraction of sp³-hybridized carbons (Fsp3) is 0.0909. The summed E-state index contributed by atoms with van der Waals surface area (Å²) in [7, 11) is 2.06. The average molecular weight is 413 g/mol. The largest absolute Gasteiger partial charge is 0.334 e. The van der Waals surface area contributed by atoms with Crippen molar-refractivity contribution >= 4 is 0 Å². The monoisotopic (exact) mass is 413 g/mol. The molecule has 0 aliphatic heterocycles. The van der Waals surface area contributed by atoms with Gasteiger partial charge in [-0.25, -0.2) is 4.57 Å². The zero-order chi connectivity index (χ0) is 17.2. The minimum atomic E-state index is 0. The van der Waals surface area contributed by atoms with E-state index in [2.05, 4.69) is 82.9 Å². The van der Waals surface area contributed by atoms with E-state index in [0.29, 0.717) is 0 Å². The molecule has 0 saturated heterocycles. The Bertz CT molecular complexity index is 1010. The Morgan fingerprint density at radius 1 is 1.04 bits per heavy atom. The number of imidazole rings is 1. The maximum Gasteiger partial charge on any atom is 0.228 e. The van der Waals surface area contributed by atoms with E-state index in [0.717, 1.165) is 28.3 Å². The molecular formula is C22H18N3Y-. The smallest absolute Gasteiger partial charge is 0.228 e. The summed E-state index contributed by atoms with van der Waals surface area (Å²) in [6.45, 7) is 2.11. The molecule has 0 aliphatic rings. The standard InChI is InChI=1S/C22H18N3.Y/c1-17-11-12-18(21-10-6-7-13-23-21)16-20(17)22-24(2)14-15-25(22)19-8-4-3-5-9-19;/h3-9,11-15H,1-2H3;/q-1;. The van der Waals surface area contributed by atoms with Crippen molar-refractivity contribution < 1.29 is 37.3 Å². The molecule has 2 aromatic heterocycles. The van der Waals surface area contributed by atoms with Gasteiger partial charge in [0.2, 0.25) is 5.82 Å². The Balaban J connectivity index is 0.00000196. The summed E-state index contributed by atoms with van der Waals surface area (Å²) in [5, 5.41) is 0. The first kappa shape index (κ1) is 18.7. The van der Waals surface area contributed by atoms with Crippen LogP contribution >= 0.6 is 0 Å². The van der Waals surface area contributed by atoms with E-state index in [1.807, 2.05) is 24.3 Å². The van der Waals surface area contributed by atoms with Gasteiger partial charge in [0.25, 0.3) is 0 Å². The van der Waals surface area contributed by atoms with Crippen molar-refractivity contribution in [1.29, 1.82) is 0 Å². The summed E-state index contributed by atoms with van der Waals surface area (Å²) >= 11 is 0. The van der Waals surface area contributed by atoms with Gasteiger partial charge in [-0.1, -0.05) is 25.1 Å².